The molecule has 0 saturated carbocycles. The highest BCUT2D eigenvalue weighted by Gasteiger charge is 2.58. The number of aryl methyl sites for hydroxylation is 1. The standard InChI is InChI=1S/C21H26N2O4S2/c1-3-14(24)16-19(25)23-17(21(26)28)18(29-20(16)23)13-8-9-22(10-13)11-27-15-7-5-4-6-12(15)2/h4-7,13-14,16,20,24H,3,8-11H2,1-2H3,(H,26,28)/t13?,14-,16+,20+/m0/s1. The fourth-order valence-corrected chi connectivity index (χ4v) is 6.31. The van der Waals surface area contributed by atoms with Crippen LogP contribution in [0.2, 0.25) is 0 Å². The van der Waals surface area contributed by atoms with Gasteiger partial charge in [-0.15, -0.1) is 11.8 Å². The maximum Gasteiger partial charge on any atom is 0.236 e. The second-order valence-corrected chi connectivity index (χ2v) is 9.40. The van der Waals surface area contributed by atoms with Crippen molar-refractivity contribution in [3.8, 4) is 5.75 Å². The van der Waals surface area contributed by atoms with E-state index in [1.54, 1.807) is 16.7 Å². The number of aliphatic hydroxyl groups is 1. The Morgan fingerprint density at radius 3 is 2.86 bits per heavy atom. The lowest BCUT2D eigenvalue weighted by atomic mass is 9.89. The quantitative estimate of drug-likeness (QED) is 0.508. The van der Waals surface area contributed by atoms with Crippen molar-refractivity contribution >= 4 is 35.4 Å². The molecule has 0 aromatic heterocycles. The molecule has 1 aromatic rings. The van der Waals surface area contributed by atoms with Crippen molar-refractivity contribution in [3.63, 3.8) is 0 Å². The van der Waals surface area contributed by atoms with E-state index in [1.165, 1.54) is 0 Å². The van der Waals surface area contributed by atoms with Crippen molar-refractivity contribution < 1.29 is 19.4 Å². The van der Waals surface area contributed by atoms with Crippen LogP contribution in [0.25, 0.3) is 0 Å². The third-order valence-electron chi connectivity index (χ3n) is 5.98. The van der Waals surface area contributed by atoms with Gasteiger partial charge in [0.1, 0.15) is 23.6 Å². The van der Waals surface area contributed by atoms with Crippen LogP contribution in [0.5, 0.6) is 5.75 Å². The minimum absolute atomic E-state index is 0.165. The van der Waals surface area contributed by atoms with E-state index in [1.807, 2.05) is 38.1 Å². The van der Waals surface area contributed by atoms with Crippen LogP contribution in [0.15, 0.2) is 34.9 Å². The third-order valence-corrected chi connectivity index (χ3v) is 7.72. The van der Waals surface area contributed by atoms with Gasteiger partial charge in [0.15, 0.2) is 0 Å². The second-order valence-electron chi connectivity index (χ2n) is 7.84. The second kappa shape index (κ2) is 8.34. The van der Waals surface area contributed by atoms with Crippen LogP contribution in [0.1, 0.15) is 25.3 Å². The van der Waals surface area contributed by atoms with Gasteiger partial charge in [-0.2, -0.15) is 0 Å². The number of β-lactam (4-membered cyclic amide) rings is 1. The van der Waals surface area contributed by atoms with Crippen LogP contribution in [-0.2, 0) is 9.59 Å². The minimum atomic E-state index is -0.672. The normalized spacial score (nSPS) is 27.8. The molecule has 1 unspecified atom stereocenters. The van der Waals surface area contributed by atoms with Crippen molar-refractivity contribution in [3.05, 3.63) is 40.4 Å². The summed E-state index contributed by atoms with van der Waals surface area (Å²) in [4.78, 5) is 29.5. The number of para-hydroxylation sites is 1. The number of rotatable bonds is 7. The zero-order valence-corrected chi connectivity index (χ0v) is 18.3. The maximum absolute atomic E-state index is 12.6. The van der Waals surface area contributed by atoms with Gasteiger partial charge in [-0.3, -0.25) is 19.4 Å². The summed E-state index contributed by atoms with van der Waals surface area (Å²) in [5, 5.41) is 9.65. The average molecular weight is 435 g/mol. The molecule has 4 atom stereocenters. The van der Waals surface area contributed by atoms with Crippen LogP contribution >= 0.6 is 24.4 Å². The van der Waals surface area contributed by atoms with Crippen molar-refractivity contribution in [2.75, 3.05) is 19.8 Å². The smallest absolute Gasteiger partial charge is 0.236 e. The van der Waals surface area contributed by atoms with E-state index in [9.17, 15) is 14.7 Å². The first kappa shape index (κ1) is 20.8. The van der Waals surface area contributed by atoms with Crippen LogP contribution < -0.4 is 4.74 Å². The largest absolute Gasteiger partial charge is 0.478 e. The average Bonchev–Trinajstić information content (AvgIpc) is 3.29. The molecule has 3 aliphatic rings. The van der Waals surface area contributed by atoms with Crippen LogP contribution in [0, 0.1) is 18.8 Å². The van der Waals surface area contributed by atoms with Crippen LogP contribution in [-0.4, -0.2) is 57.2 Å². The molecular formula is C21H26N2O4S2. The maximum atomic E-state index is 12.6. The van der Waals surface area contributed by atoms with Crippen molar-refractivity contribution in [1.82, 2.24) is 9.80 Å². The van der Waals surface area contributed by atoms with Gasteiger partial charge in [0.25, 0.3) is 0 Å². The number of nitrogens with zero attached hydrogens (tertiary/aromatic N) is 2. The van der Waals surface area contributed by atoms with E-state index in [4.69, 9.17) is 4.74 Å². The molecule has 1 amide bonds. The van der Waals surface area contributed by atoms with Gasteiger partial charge < -0.3 is 9.84 Å². The molecule has 0 radical (unpaired) electrons. The SMILES string of the molecule is CC[C@H](O)[C@@H]1C(=O)N2C(C(=O)S)=C(C3CCN(COc4ccccc4C)C3)S[C@H]12. The Kier molecular flexibility index (Phi) is 5.97. The van der Waals surface area contributed by atoms with Crippen molar-refractivity contribution in [1.29, 1.82) is 0 Å². The van der Waals surface area contributed by atoms with E-state index >= 15 is 0 Å². The van der Waals surface area contributed by atoms with Gasteiger partial charge in [0.05, 0.1) is 12.0 Å². The number of thiol groups is 1. The fourth-order valence-electron chi connectivity index (χ4n) is 4.30. The van der Waals surface area contributed by atoms with Gasteiger partial charge in [0.2, 0.25) is 11.0 Å². The number of thioether (sulfide) groups is 1. The lowest BCUT2D eigenvalue weighted by molar-refractivity contribution is -0.154. The summed E-state index contributed by atoms with van der Waals surface area (Å²) >= 11 is 5.60. The molecule has 4 rings (SSSR count). The first-order chi connectivity index (χ1) is 13.9. The number of hydrogen-bond donors (Lipinski definition) is 2. The number of ether oxygens (including phenoxy) is 1. The summed E-state index contributed by atoms with van der Waals surface area (Å²) in [6.07, 6.45) is 0.753. The molecule has 3 aliphatic heterocycles. The molecule has 8 heteroatoms. The topological polar surface area (TPSA) is 70.1 Å². The first-order valence-corrected chi connectivity index (χ1v) is 11.3. The molecule has 2 fully saturated rings. The number of fused-ring (bicyclic) bond motifs is 1. The molecular weight excluding hydrogens is 408 g/mol. The Balaban J connectivity index is 1.44. The Labute approximate surface area is 180 Å². The molecule has 156 valence electrons. The summed E-state index contributed by atoms with van der Waals surface area (Å²) in [6.45, 7) is 6.02. The Hall–Kier alpha value is -1.48. The minimum Gasteiger partial charge on any atom is -0.478 e. The highest BCUT2D eigenvalue weighted by molar-refractivity contribution is 8.04. The highest BCUT2D eigenvalue weighted by atomic mass is 32.2. The van der Waals surface area contributed by atoms with E-state index in [-0.39, 0.29) is 22.3 Å². The van der Waals surface area contributed by atoms with E-state index < -0.39 is 12.0 Å². The van der Waals surface area contributed by atoms with Crippen molar-refractivity contribution in [2.24, 2.45) is 11.8 Å². The number of carbonyl (C=O) groups excluding carboxylic acids is 2. The molecule has 3 heterocycles. The van der Waals surface area contributed by atoms with Crippen LogP contribution in [0.3, 0.4) is 0 Å². The number of likely N-dealkylation sites (tertiary alicyclic amines) is 1. The molecule has 2 saturated heterocycles. The monoisotopic (exact) mass is 434 g/mol. The molecule has 6 nitrogen and oxygen atoms in total. The predicted molar refractivity (Wildman–Crippen MR) is 115 cm³/mol. The number of amides is 1. The zero-order valence-electron chi connectivity index (χ0n) is 16.6. The molecule has 1 aromatic carbocycles. The first-order valence-electron chi connectivity index (χ1n) is 9.98. The van der Waals surface area contributed by atoms with E-state index in [0.717, 1.165) is 35.7 Å². The van der Waals surface area contributed by atoms with E-state index in [2.05, 4.69) is 17.5 Å². The highest BCUT2D eigenvalue weighted by Crippen LogP contribution is 2.54. The van der Waals surface area contributed by atoms with Gasteiger partial charge >= 0.3 is 0 Å². The Morgan fingerprint density at radius 1 is 1.41 bits per heavy atom. The molecule has 1 N–H and O–H groups in total. The number of aliphatic hydroxyl groups excluding tert-OH is 1. The lowest BCUT2D eigenvalue weighted by Crippen LogP contribution is -2.61. The zero-order chi connectivity index (χ0) is 20.7. The van der Waals surface area contributed by atoms with E-state index in [0.29, 0.717) is 18.8 Å². The van der Waals surface area contributed by atoms with Crippen molar-refractivity contribution in [2.45, 2.75) is 38.2 Å². The molecule has 0 bridgehead atoms. The van der Waals surface area contributed by atoms with Gasteiger partial charge in [-0.25, -0.2) is 0 Å². The lowest BCUT2D eigenvalue weighted by Gasteiger charge is -2.44. The summed E-state index contributed by atoms with van der Waals surface area (Å²) in [5.41, 5.74) is 1.52. The van der Waals surface area contributed by atoms with Gasteiger partial charge in [-0.1, -0.05) is 37.8 Å². The Bertz CT molecular complexity index is 859. The predicted octanol–water partition coefficient (Wildman–Crippen LogP) is 2.62. The summed E-state index contributed by atoms with van der Waals surface area (Å²) in [5.74, 6) is 0.446. The fraction of sp³-hybridized carbons (Fsp3) is 0.524. The number of carbonyl (C=O) groups is 2. The number of benzene rings is 1. The summed E-state index contributed by atoms with van der Waals surface area (Å²) < 4.78 is 5.96. The summed E-state index contributed by atoms with van der Waals surface area (Å²) in [6, 6.07) is 7.93. The molecule has 29 heavy (non-hydrogen) atoms. The molecule has 0 aliphatic carbocycles. The summed E-state index contributed by atoms with van der Waals surface area (Å²) in [7, 11) is 0. The Morgan fingerprint density at radius 2 is 2.17 bits per heavy atom. The third kappa shape index (κ3) is 3.71. The molecule has 0 spiro atoms. The van der Waals surface area contributed by atoms with Gasteiger partial charge in [-0.05, 0) is 31.4 Å². The van der Waals surface area contributed by atoms with Gasteiger partial charge in [0, 0.05) is 23.9 Å². The number of hydrogen-bond acceptors (Lipinski definition) is 6. The van der Waals surface area contributed by atoms with Crippen LogP contribution in [0.4, 0.5) is 0 Å².